The Hall–Kier alpha value is -3.51. The largest absolute Gasteiger partial charge is 0.482 e. The number of nitrogens with zero attached hydrogens (tertiary/aromatic N) is 2. The number of aromatic nitrogens is 2. The van der Waals surface area contributed by atoms with Gasteiger partial charge in [0.25, 0.3) is 5.91 Å². The van der Waals surface area contributed by atoms with E-state index in [1.807, 2.05) is 38.1 Å². The van der Waals surface area contributed by atoms with E-state index >= 15 is 0 Å². The number of anilines is 1. The third-order valence-electron chi connectivity index (χ3n) is 5.36. The summed E-state index contributed by atoms with van der Waals surface area (Å²) in [5, 5.41) is 3.13. The zero-order valence-electron chi connectivity index (χ0n) is 16.7. The molecule has 0 saturated heterocycles. The number of fused-ring (bicyclic) bond motifs is 1. The van der Waals surface area contributed by atoms with Crippen molar-refractivity contribution in [2.24, 2.45) is 0 Å². The normalized spacial score (nSPS) is 19.0. The van der Waals surface area contributed by atoms with Crippen molar-refractivity contribution in [3.8, 4) is 11.3 Å². The van der Waals surface area contributed by atoms with Crippen LogP contribution in [0.4, 0.5) is 10.1 Å². The molecule has 0 radical (unpaired) electrons. The van der Waals surface area contributed by atoms with E-state index in [-0.39, 0.29) is 5.91 Å². The Morgan fingerprint density at radius 1 is 1.03 bits per heavy atom. The van der Waals surface area contributed by atoms with Crippen LogP contribution in [0.5, 0.6) is 0 Å². The first kappa shape index (κ1) is 19.5. The van der Waals surface area contributed by atoms with Crippen LogP contribution in [0.25, 0.3) is 22.4 Å². The summed E-state index contributed by atoms with van der Waals surface area (Å²) < 4.78 is 19.7. The van der Waals surface area contributed by atoms with E-state index in [1.54, 1.807) is 24.5 Å². The smallest absolute Gasteiger partial charge is 0.260 e. The second-order valence-electron chi connectivity index (χ2n) is 7.86. The van der Waals surface area contributed by atoms with Gasteiger partial charge in [0.2, 0.25) is 0 Å². The van der Waals surface area contributed by atoms with E-state index in [4.69, 9.17) is 16.3 Å². The second kappa shape index (κ2) is 7.03. The van der Waals surface area contributed by atoms with Crippen molar-refractivity contribution >= 4 is 34.3 Å². The van der Waals surface area contributed by atoms with Gasteiger partial charge in [-0.2, -0.15) is 0 Å². The van der Waals surface area contributed by atoms with Crippen molar-refractivity contribution in [1.82, 2.24) is 9.97 Å². The summed E-state index contributed by atoms with van der Waals surface area (Å²) in [6.07, 6.45) is 5.30. The van der Waals surface area contributed by atoms with Gasteiger partial charge in [-0.25, -0.2) is 9.37 Å². The lowest BCUT2D eigenvalue weighted by Crippen LogP contribution is -2.21. The lowest BCUT2D eigenvalue weighted by Gasteiger charge is -2.23. The van der Waals surface area contributed by atoms with E-state index < -0.39 is 11.4 Å². The number of hydrogen-bond donors (Lipinski definition) is 1. The van der Waals surface area contributed by atoms with Gasteiger partial charge >= 0.3 is 0 Å². The van der Waals surface area contributed by atoms with E-state index in [9.17, 15) is 9.18 Å². The first-order valence-corrected chi connectivity index (χ1v) is 10.0. The summed E-state index contributed by atoms with van der Waals surface area (Å²) >= 11 is 5.85. The van der Waals surface area contributed by atoms with Crippen LogP contribution in [0.2, 0.25) is 5.15 Å². The Kier molecular flexibility index (Phi) is 4.41. The van der Waals surface area contributed by atoms with Crippen molar-refractivity contribution in [3.05, 3.63) is 88.8 Å². The van der Waals surface area contributed by atoms with Crippen LogP contribution in [0.15, 0.2) is 66.7 Å². The minimum atomic E-state index is -0.670. The molecule has 5 rings (SSSR count). The standard InChI is InChI=1S/C24H17ClFN3O2/c1-24(2)17(13-3-7-18(27-11-13)14-4-8-21(25)28-12-14)10-20(31-24)22-16-6-5-15(26)9-19(16)29-23(22)30/h3-12H,1-2H3,(H,29,30)/b22-20+. The summed E-state index contributed by atoms with van der Waals surface area (Å²) in [5.74, 6) is -0.266. The van der Waals surface area contributed by atoms with Crippen molar-refractivity contribution in [2.75, 3.05) is 5.32 Å². The average molecular weight is 434 g/mol. The number of amides is 1. The van der Waals surface area contributed by atoms with Gasteiger partial charge in [0.15, 0.2) is 0 Å². The minimum absolute atomic E-state index is 0.312. The summed E-state index contributed by atoms with van der Waals surface area (Å²) in [7, 11) is 0. The molecule has 2 aliphatic heterocycles. The fourth-order valence-electron chi connectivity index (χ4n) is 3.86. The van der Waals surface area contributed by atoms with E-state index in [0.29, 0.717) is 27.7 Å². The number of hydrogen-bond acceptors (Lipinski definition) is 4. The molecule has 0 saturated carbocycles. The number of carbonyl (C=O) groups excluding carboxylic acids is 1. The molecule has 0 atom stereocenters. The number of nitrogens with one attached hydrogen (secondary N) is 1. The SMILES string of the molecule is CC1(C)O/C(=C2/C(=O)Nc3cc(F)ccc32)C=C1c1ccc(-c2ccc(Cl)nc2)nc1. The maximum absolute atomic E-state index is 13.5. The summed E-state index contributed by atoms with van der Waals surface area (Å²) in [5.41, 5.74) is 4.20. The predicted molar refractivity (Wildman–Crippen MR) is 118 cm³/mol. The van der Waals surface area contributed by atoms with Crippen molar-refractivity contribution in [2.45, 2.75) is 19.4 Å². The topological polar surface area (TPSA) is 64.1 Å². The number of carbonyl (C=O) groups is 1. The van der Waals surface area contributed by atoms with Gasteiger partial charge in [0.05, 0.1) is 17.0 Å². The highest BCUT2D eigenvalue weighted by atomic mass is 35.5. The van der Waals surface area contributed by atoms with Crippen LogP contribution in [0, 0.1) is 5.82 Å². The molecule has 0 aliphatic carbocycles. The zero-order valence-corrected chi connectivity index (χ0v) is 17.5. The molecule has 2 aromatic heterocycles. The third-order valence-corrected chi connectivity index (χ3v) is 5.58. The Bertz CT molecular complexity index is 1280. The Morgan fingerprint density at radius 2 is 1.81 bits per heavy atom. The van der Waals surface area contributed by atoms with E-state index in [1.165, 1.54) is 12.1 Å². The molecule has 4 heterocycles. The molecule has 2 aliphatic rings. The molecule has 5 nitrogen and oxygen atoms in total. The summed E-state index contributed by atoms with van der Waals surface area (Å²) in [6.45, 7) is 3.86. The number of rotatable bonds is 2. The Labute approximate surface area is 183 Å². The Morgan fingerprint density at radius 3 is 2.52 bits per heavy atom. The van der Waals surface area contributed by atoms with Crippen LogP contribution < -0.4 is 5.32 Å². The highest BCUT2D eigenvalue weighted by Gasteiger charge is 2.38. The fourth-order valence-corrected chi connectivity index (χ4v) is 3.97. The number of halogens is 2. The number of allylic oxidation sites excluding steroid dienone is 1. The highest BCUT2D eigenvalue weighted by molar-refractivity contribution is 6.32. The minimum Gasteiger partial charge on any atom is -0.482 e. The molecule has 0 spiro atoms. The van der Waals surface area contributed by atoms with Crippen LogP contribution >= 0.6 is 11.6 Å². The lowest BCUT2D eigenvalue weighted by atomic mass is 9.93. The monoisotopic (exact) mass is 433 g/mol. The van der Waals surface area contributed by atoms with Gasteiger partial charge < -0.3 is 10.1 Å². The molecule has 154 valence electrons. The zero-order chi connectivity index (χ0) is 21.8. The van der Waals surface area contributed by atoms with Crippen LogP contribution in [0.3, 0.4) is 0 Å². The van der Waals surface area contributed by atoms with Gasteiger partial charge in [0, 0.05) is 34.7 Å². The highest BCUT2D eigenvalue weighted by Crippen LogP contribution is 2.44. The maximum Gasteiger partial charge on any atom is 0.260 e. The number of benzene rings is 1. The van der Waals surface area contributed by atoms with Gasteiger partial charge in [0.1, 0.15) is 22.3 Å². The summed E-state index contributed by atoms with van der Waals surface area (Å²) in [6, 6.07) is 11.7. The van der Waals surface area contributed by atoms with Crippen molar-refractivity contribution in [1.29, 1.82) is 0 Å². The molecule has 31 heavy (non-hydrogen) atoms. The first-order chi connectivity index (χ1) is 14.8. The van der Waals surface area contributed by atoms with E-state index in [0.717, 1.165) is 22.4 Å². The molecule has 0 unspecified atom stereocenters. The fraction of sp³-hybridized carbons (Fsp3) is 0.125. The molecular formula is C24H17ClFN3O2. The number of pyridine rings is 2. The first-order valence-electron chi connectivity index (χ1n) is 9.67. The molecule has 3 aromatic rings. The molecule has 1 N–H and O–H groups in total. The van der Waals surface area contributed by atoms with Crippen LogP contribution in [-0.4, -0.2) is 21.5 Å². The van der Waals surface area contributed by atoms with Crippen molar-refractivity contribution in [3.63, 3.8) is 0 Å². The summed E-state index contributed by atoms with van der Waals surface area (Å²) in [4.78, 5) is 21.2. The molecule has 1 aromatic carbocycles. The molecule has 0 bridgehead atoms. The van der Waals surface area contributed by atoms with Gasteiger partial charge in [-0.05, 0) is 56.3 Å². The van der Waals surface area contributed by atoms with Crippen LogP contribution in [-0.2, 0) is 9.53 Å². The molecule has 7 heteroatoms. The Balaban J connectivity index is 1.54. The predicted octanol–water partition coefficient (Wildman–Crippen LogP) is 5.49. The number of ether oxygens (including phenoxy) is 1. The second-order valence-corrected chi connectivity index (χ2v) is 8.24. The van der Waals surface area contributed by atoms with E-state index in [2.05, 4.69) is 15.3 Å². The maximum atomic E-state index is 13.5. The molecule has 0 fully saturated rings. The molecule has 1 amide bonds. The van der Waals surface area contributed by atoms with Crippen LogP contribution in [0.1, 0.15) is 25.0 Å². The third kappa shape index (κ3) is 3.39. The van der Waals surface area contributed by atoms with Crippen molar-refractivity contribution < 1.29 is 13.9 Å². The average Bonchev–Trinajstić information content (AvgIpc) is 3.23. The van der Waals surface area contributed by atoms with Gasteiger partial charge in [-0.1, -0.05) is 17.7 Å². The molecular weight excluding hydrogens is 417 g/mol. The van der Waals surface area contributed by atoms with Gasteiger partial charge in [-0.15, -0.1) is 0 Å². The van der Waals surface area contributed by atoms with Gasteiger partial charge in [-0.3, -0.25) is 9.78 Å². The quantitative estimate of drug-likeness (QED) is 0.428. The lowest BCUT2D eigenvalue weighted by molar-refractivity contribution is -0.111.